The van der Waals surface area contributed by atoms with Crippen molar-refractivity contribution in [1.82, 2.24) is 19.5 Å². The number of furan rings is 3. The summed E-state index contributed by atoms with van der Waals surface area (Å²) < 4.78 is 214. The number of ketones is 1. The number of alkyl carbamates (subject to hydrolysis) is 1. The minimum absolute atomic E-state index is 0.0913. The number of Topliss-reactive ketones (excluding diaryl/α,β-unsaturated/α-hetero) is 1. The molecule has 0 bridgehead atoms. The summed E-state index contributed by atoms with van der Waals surface area (Å²) in [7, 11) is -13.1. The van der Waals surface area contributed by atoms with Crippen LogP contribution < -0.4 is 61.9 Å². The predicted octanol–water partition coefficient (Wildman–Crippen LogP) is 15.6. The third-order valence-corrected chi connectivity index (χ3v) is 20.6. The number of halogens is 12. The van der Waals surface area contributed by atoms with Gasteiger partial charge in [-0.05, 0) is 236 Å². The number of ether oxygens (including phenoxy) is 1. The Labute approximate surface area is 744 Å². The second-order valence-electron chi connectivity index (χ2n) is 28.6. The van der Waals surface area contributed by atoms with E-state index >= 15 is 0 Å². The third kappa shape index (κ3) is 27.6. The fourth-order valence-electron chi connectivity index (χ4n) is 12.8. The summed E-state index contributed by atoms with van der Waals surface area (Å²) in [6.07, 6.45) is -11.5. The number of rotatable bonds is 27. The molecule has 11 aromatic rings. The zero-order valence-corrected chi connectivity index (χ0v) is 73.0. The molecule has 3 unspecified atom stereocenters. The molecule has 686 valence electrons. The smallest absolute Gasteiger partial charge is 0.437 e. The van der Waals surface area contributed by atoms with Gasteiger partial charge in [0.05, 0.1) is 41.9 Å². The summed E-state index contributed by atoms with van der Waals surface area (Å²) in [5, 5.41) is 50.5. The number of hydrogen-bond donors (Lipinski definition) is 14. The molecule has 32 nitrogen and oxygen atoms in total. The van der Waals surface area contributed by atoms with Crippen LogP contribution in [-0.4, -0.2) is 88.7 Å². The van der Waals surface area contributed by atoms with Crippen molar-refractivity contribution in [3.05, 3.63) is 259 Å². The molecular weight excluding hydrogens is 1840 g/mol. The van der Waals surface area contributed by atoms with Crippen molar-refractivity contribution in [3.63, 3.8) is 0 Å². The molecule has 0 fully saturated rings. The maximum atomic E-state index is 13.5. The Morgan fingerprint density at radius 2 is 0.853 bits per heavy atom. The monoisotopic (exact) mass is 1920 g/mol. The number of hydrogen-bond acceptors (Lipinski definition) is 23. The zero-order chi connectivity index (χ0) is 95.5. The SMILES string of the molecule is CCc1cc(C(Nc2ccc(C(=N)CC(=O)c3ccc(C(F)(F)F)cc3C(F)(F)F)cc2)C(=O)NS(N)(=O)=O)cc2c(C)coc12.CCc1cc(C(Nc2ccc(C(=N)NC(=O)OCC(Cl)(Cl)Cl)cc2)C(=O)NS(N)(=O)=O)cc2c(C)coc12.CCc1cc(C(Nc2ccc(C(N)=NOC(=O)Nc3cc(C)cc(C(F)(F)F)c3)cc2)C(=O)NS(N)(=O)=O)cc2c(C)coc12. The van der Waals surface area contributed by atoms with E-state index in [2.05, 4.69) is 31.7 Å². The van der Waals surface area contributed by atoms with E-state index in [9.17, 15) is 93.5 Å². The van der Waals surface area contributed by atoms with Crippen LogP contribution >= 0.6 is 34.8 Å². The van der Waals surface area contributed by atoms with Gasteiger partial charge in [-0.1, -0.05) is 78.9 Å². The molecule has 0 spiro atoms. The predicted molar refractivity (Wildman–Crippen MR) is 464 cm³/mol. The summed E-state index contributed by atoms with van der Waals surface area (Å²) in [4.78, 5) is 80.5. The quantitative estimate of drug-likeness (QED) is 0.00432. The Kier molecular flexibility index (Phi) is 31.5. The highest BCUT2D eigenvalue weighted by molar-refractivity contribution is 7.88. The van der Waals surface area contributed by atoms with Gasteiger partial charge in [-0.3, -0.25) is 40.1 Å². The molecule has 3 heterocycles. The average molecular weight is 1920 g/mol. The maximum absolute atomic E-state index is 13.5. The van der Waals surface area contributed by atoms with Crippen molar-refractivity contribution in [1.29, 1.82) is 10.8 Å². The van der Waals surface area contributed by atoms with Crippen LogP contribution in [-0.2, 0) is 92.4 Å². The number of aryl methyl sites for hydroxylation is 7. The standard InChI is InChI=1S/C30H26F6N4O5S.C29H29F3N6O6S.C23H24Cl3N5O6S/c1-3-16-10-18(11-22-15(2)14-45-27(16)22)26(28(42)40-46(38,43)44)39-20-7-4-17(5-8-20)24(37)13-25(41)21-9-6-19(29(31,32)33)12-23(21)30(34,35)36;1-4-17-11-19(12-23-16(3)14-43-25(17)23)24(27(39)38-45(34,41)42)35-21-7-5-18(6-8-21)26(33)37-44-28(40)36-22-10-15(2)9-20(13-22)29(30,31)32;1-3-13-8-15(9-17-12(2)10-36-19(13)17)18(21(32)31-38(28,34)35)29-16-6-4-14(5-7-16)20(27)30-22(33)37-11-23(24,25)26/h4-12,14,26,37,39H,3,13H2,1-2H3,(H,40,42)(H2,38,43,44);5-14,24,35H,4H2,1-3H3,(H2,33,37)(H,36,40)(H,38,39)(H2,34,41,42);4-10,18,29H,3,11H2,1-2H3,(H,31,32)(H2,27,30,33)(H2,28,34,35). The van der Waals surface area contributed by atoms with E-state index in [4.69, 9.17) is 89.6 Å². The topological polar surface area (TPSA) is 523 Å². The lowest BCUT2D eigenvalue weighted by Gasteiger charge is -2.20. The van der Waals surface area contributed by atoms with Crippen LogP contribution in [0, 0.1) is 38.5 Å². The summed E-state index contributed by atoms with van der Waals surface area (Å²) in [6, 6.07) is 27.7. The molecule has 0 aliphatic carbocycles. The number of fused-ring (bicyclic) bond motifs is 3. The minimum atomic E-state index is -5.26. The summed E-state index contributed by atoms with van der Waals surface area (Å²) >= 11 is 16.6. The van der Waals surface area contributed by atoms with Crippen molar-refractivity contribution < 1.29 is 116 Å². The first-order chi connectivity index (χ1) is 60.0. The van der Waals surface area contributed by atoms with E-state index in [1.807, 2.05) is 39.3 Å². The van der Waals surface area contributed by atoms with Gasteiger partial charge < -0.3 is 45.1 Å². The number of amides is 5. The van der Waals surface area contributed by atoms with Crippen molar-refractivity contribution in [2.75, 3.05) is 27.9 Å². The number of benzene rings is 8. The molecule has 3 atom stereocenters. The molecule has 8 aromatic carbocycles. The lowest BCUT2D eigenvalue weighted by molar-refractivity contribution is -0.143. The van der Waals surface area contributed by atoms with Gasteiger partial charge in [-0.2, -0.15) is 64.8 Å². The van der Waals surface area contributed by atoms with Crippen molar-refractivity contribution >= 4 is 174 Å². The van der Waals surface area contributed by atoms with Crippen LogP contribution in [0.25, 0.3) is 32.9 Å². The lowest BCUT2D eigenvalue weighted by Crippen LogP contribution is -2.41. The Morgan fingerprint density at radius 3 is 1.21 bits per heavy atom. The molecule has 3 aromatic heterocycles. The largest absolute Gasteiger partial charge is 0.464 e. The highest BCUT2D eigenvalue weighted by Crippen LogP contribution is 2.41. The molecule has 0 radical (unpaired) electrons. The molecule has 0 saturated carbocycles. The Hall–Kier alpha value is -12.8. The number of alkyl halides is 12. The van der Waals surface area contributed by atoms with Gasteiger partial charge in [0, 0.05) is 61.3 Å². The first kappa shape index (κ1) is 99.9. The highest BCUT2D eigenvalue weighted by Gasteiger charge is 2.40. The minimum Gasteiger partial charge on any atom is -0.464 e. The number of nitrogens with zero attached hydrogens (tertiary/aromatic N) is 1. The maximum Gasteiger partial charge on any atom is 0.437 e. The Bertz CT molecular complexity index is 6530. The first-order valence-corrected chi connectivity index (χ1v) is 43.4. The summed E-state index contributed by atoms with van der Waals surface area (Å²) in [5.41, 5.74) is 10.1. The van der Waals surface area contributed by atoms with Gasteiger partial charge in [-0.25, -0.2) is 39.2 Å². The van der Waals surface area contributed by atoms with Crippen LogP contribution in [0.15, 0.2) is 183 Å². The van der Waals surface area contributed by atoms with Crippen LogP contribution in [0.2, 0.25) is 0 Å². The van der Waals surface area contributed by atoms with Crippen LogP contribution in [0.3, 0.4) is 0 Å². The van der Waals surface area contributed by atoms with Gasteiger partial charge in [0.2, 0.25) is 3.79 Å². The van der Waals surface area contributed by atoms with Crippen molar-refractivity contribution in [2.24, 2.45) is 26.3 Å². The molecule has 0 saturated heterocycles. The molecule has 11 rings (SSSR count). The summed E-state index contributed by atoms with van der Waals surface area (Å²) in [5.74, 6) is -4.59. The molecule has 18 N–H and O–H groups in total. The van der Waals surface area contributed by atoms with E-state index < -0.39 is 148 Å². The van der Waals surface area contributed by atoms with E-state index in [-0.39, 0.29) is 45.8 Å². The average Bonchev–Trinajstić information content (AvgIpc) is 1.77. The number of carbonyl (C=O) groups is 6. The zero-order valence-electron chi connectivity index (χ0n) is 68.3. The van der Waals surface area contributed by atoms with Gasteiger partial charge >= 0.3 is 30.7 Å². The van der Waals surface area contributed by atoms with Crippen LogP contribution in [0.5, 0.6) is 0 Å². The molecule has 47 heteroatoms. The molecule has 0 aliphatic rings. The normalized spacial score (nSPS) is 12.8. The van der Waals surface area contributed by atoms with Crippen molar-refractivity contribution in [3.8, 4) is 0 Å². The second-order valence-corrected chi connectivity index (χ2v) is 35.0. The summed E-state index contributed by atoms with van der Waals surface area (Å²) in [6.45, 7) is 12.1. The van der Waals surface area contributed by atoms with E-state index in [0.29, 0.717) is 87.2 Å². The number of nitrogens with two attached hydrogens (primary N) is 4. The molecule has 0 aliphatic heterocycles. The number of anilines is 4. The van der Waals surface area contributed by atoms with E-state index in [1.54, 1.807) is 71.6 Å². The Morgan fingerprint density at radius 1 is 0.473 bits per heavy atom. The molecular formula is C82H79Cl3F9N15O17S3. The highest BCUT2D eigenvalue weighted by atomic mass is 35.6. The lowest BCUT2D eigenvalue weighted by atomic mass is 9.95. The third-order valence-electron chi connectivity index (χ3n) is 18.8. The van der Waals surface area contributed by atoms with Gasteiger partial charge in [-0.15, -0.1) is 0 Å². The number of nitrogens with one attached hydrogen (secondary N) is 10. The number of amidine groups is 2. The molecule has 129 heavy (non-hydrogen) atoms. The van der Waals surface area contributed by atoms with E-state index in [1.165, 1.54) is 85.8 Å². The molecule has 5 amide bonds. The van der Waals surface area contributed by atoms with Crippen molar-refractivity contribution in [2.45, 2.75) is 115 Å². The van der Waals surface area contributed by atoms with E-state index in [0.717, 1.165) is 56.3 Å². The van der Waals surface area contributed by atoms with Gasteiger partial charge in [0.15, 0.2) is 11.6 Å². The fourth-order valence-corrected chi connectivity index (χ4v) is 14.2. The van der Waals surface area contributed by atoms with Gasteiger partial charge in [0.25, 0.3) is 48.3 Å². The number of oxime groups is 1. The fraction of sp³-hybridized carbons (Fsp3) is 0.232. The van der Waals surface area contributed by atoms with Crippen LogP contribution in [0.4, 0.5) is 71.9 Å². The second kappa shape index (κ2) is 40.7. The number of carbonyl (C=O) groups excluding carboxylic acids is 6. The van der Waals surface area contributed by atoms with Gasteiger partial charge in [0.1, 0.15) is 47.3 Å². The first-order valence-electron chi connectivity index (χ1n) is 37.6. The van der Waals surface area contributed by atoms with Crippen LogP contribution in [0.1, 0.15) is 145 Å². The Balaban J connectivity index is 0.000000219.